The van der Waals surface area contributed by atoms with Gasteiger partial charge in [0.1, 0.15) is 0 Å². The van der Waals surface area contributed by atoms with E-state index in [-0.39, 0.29) is 16.7 Å². The van der Waals surface area contributed by atoms with Gasteiger partial charge in [-0.1, -0.05) is 6.58 Å². The van der Waals surface area contributed by atoms with Gasteiger partial charge in [0.05, 0.1) is 17.2 Å². The minimum Gasteiger partial charge on any atom is -0.479 e. The molecule has 2 aliphatic heterocycles. The van der Waals surface area contributed by atoms with Crippen molar-refractivity contribution in [3.8, 4) is 0 Å². The molecular weight excluding hydrogens is 204 g/mol. The first-order chi connectivity index (χ1) is 6.52. The molecule has 0 aliphatic carbocycles. The van der Waals surface area contributed by atoms with Crippen LogP contribution in [0.5, 0.6) is 0 Å². The van der Waals surface area contributed by atoms with Crippen LogP contribution < -0.4 is 5.73 Å². The van der Waals surface area contributed by atoms with E-state index in [0.717, 1.165) is 0 Å². The van der Waals surface area contributed by atoms with Crippen LogP contribution in [0.2, 0.25) is 0 Å². The molecule has 2 unspecified atom stereocenters. The molecule has 76 valence electrons. The summed E-state index contributed by atoms with van der Waals surface area (Å²) in [7, 11) is 0. The molecule has 2 fully saturated rings. The van der Waals surface area contributed by atoms with Crippen LogP contribution in [0.1, 0.15) is 6.42 Å². The standard InChI is InChI=1S/C8H10N2O3S/c1-3-6(8(12)13)10-4(11)2-5(10)14-7(3)9/h5-7H,1-2,9H2,(H,12,13)/t5-,6?,7?/m1/s1. The molecule has 0 aromatic carbocycles. The van der Waals surface area contributed by atoms with Crippen molar-refractivity contribution in [1.29, 1.82) is 0 Å². The summed E-state index contributed by atoms with van der Waals surface area (Å²) in [5.74, 6) is -1.19. The lowest BCUT2D eigenvalue weighted by atomic mass is 10.0. The van der Waals surface area contributed by atoms with Gasteiger partial charge in [-0.05, 0) is 5.57 Å². The second-order valence-electron chi connectivity index (χ2n) is 3.33. The van der Waals surface area contributed by atoms with Gasteiger partial charge >= 0.3 is 5.97 Å². The number of fused-ring (bicyclic) bond motifs is 1. The molecule has 3 N–H and O–H groups in total. The third kappa shape index (κ3) is 1.14. The Labute approximate surface area is 84.9 Å². The summed E-state index contributed by atoms with van der Waals surface area (Å²) >= 11 is 1.39. The van der Waals surface area contributed by atoms with E-state index in [1.54, 1.807) is 0 Å². The molecule has 0 saturated carbocycles. The lowest BCUT2D eigenvalue weighted by Gasteiger charge is -2.49. The maximum absolute atomic E-state index is 11.2. The second kappa shape index (κ2) is 2.99. The summed E-state index contributed by atoms with van der Waals surface area (Å²) in [5, 5.41) is 8.48. The fourth-order valence-electron chi connectivity index (χ4n) is 1.69. The molecule has 2 saturated heterocycles. The van der Waals surface area contributed by atoms with Gasteiger partial charge in [-0.2, -0.15) is 0 Å². The van der Waals surface area contributed by atoms with Crippen LogP contribution in [-0.2, 0) is 9.59 Å². The molecule has 0 aromatic heterocycles. The zero-order valence-electron chi connectivity index (χ0n) is 7.34. The fraction of sp³-hybridized carbons (Fsp3) is 0.500. The number of nitrogens with zero attached hydrogens (tertiary/aromatic N) is 1. The Morgan fingerprint density at radius 1 is 1.71 bits per heavy atom. The van der Waals surface area contributed by atoms with Crippen molar-refractivity contribution in [2.45, 2.75) is 23.2 Å². The van der Waals surface area contributed by atoms with Crippen molar-refractivity contribution in [3.05, 3.63) is 12.2 Å². The van der Waals surface area contributed by atoms with Crippen molar-refractivity contribution in [3.63, 3.8) is 0 Å². The third-order valence-corrected chi connectivity index (χ3v) is 3.78. The summed E-state index contributed by atoms with van der Waals surface area (Å²) in [6.07, 6.45) is 0.384. The summed E-state index contributed by atoms with van der Waals surface area (Å²) in [6.45, 7) is 3.63. The van der Waals surface area contributed by atoms with Gasteiger partial charge in [-0.15, -0.1) is 11.8 Å². The number of hydrogen-bond donors (Lipinski definition) is 2. The molecule has 0 bridgehead atoms. The van der Waals surface area contributed by atoms with Crippen molar-refractivity contribution in [1.82, 2.24) is 4.90 Å². The zero-order valence-corrected chi connectivity index (χ0v) is 8.16. The maximum atomic E-state index is 11.2. The Hall–Kier alpha value is -1.01. The number of carboxylic acid groups (broad SMARTS) is 1. The minimum atomic E-state index is -1.05. The molecule has 2 aliphatic rings. The van der Waals surface area contributed by atoms with Gasteiger partial charge in [0.2, 0.25) is 5.91 Å². The number of aliphatic carboxylic acids is 1. The van der Waals surface area contributed by atoms with E-state index in [9.17, 15) is 9.59 Å². The molecule has 2 heterocycles. The van der Waals surface area contributed by atoms with Crippen LogP contribution in [0, 0.1) is 0 Å². The van der Waals surface area contributed by atoms with Crippen molar-refractivity contribution in [2.24, 2.45) is 5.73 Å². The van der Waals surface area contributed by atoms with E-state index in [4.69, 9.17) is 10.8 Å². The number of nitrogens with two attached hydrogens (primary N) is 1. The Morgan fingerprint density at radius 3 is 2.86 bits per heavy atom. The number of rotatable bonds is 1. The number of carboxylic acids is 1. The molecule has 0 radical (unpaired) electrons. The summed E-state index contributed by atoms with van der Waals surface area (Å²) in [4.78, 5) is 23.5. The molecular formula is C8H10N2O3S. The first-order valence-electron chi connectivity index (χ1n) is 4.16. The van der Waals surface area contributed by atoms with Crippen LogP contribution in [0.25, 0.3) is 0 Å². The first kappa shape index (κ1) is 9.54. The van der Waals surface area contributed by atoms with Crippen LogP contribution in [0.4, 0.5) is 0 Å². The topological polar surface area (TPSA) is 83.6 Å². The van der Waals surface area contributed by atoms with E-state index in [2.05, 4.69) is 6.58 Å². The quantitative estimate of drug-likeness (QED) is 0.458. The van der Waals surface area contributed by atoms with Gasteiger partial charge in [0.25, 0.3) is 0 Å². The second-order valence-corrected chi connectivity index (χ2v) is 4.66. The fourth-order valence-corrected chi connectivity index (χ4v) is 2.95. The molecule has 3 atom stereocenters. The Morgan fingerprint density at radius 2 is 2.36 bits per heavy atom. The Kier molecular flexibility index (Phi) is 2.04. The normalized spacial score (nSPS) is 36.4. The van der Waals surface area contributed by atoms with E-state index >= 15 is 0 Å². The number of amides is 1. The number of β-lactam (4-membered cyclic amide) rings is 1. The highest BCUT2D eigenvalue weighted by molar-refractivity contribution is 8.00. The van der Waals surface area contributed by atoms with Crippen molar-refractivity contribution >= 4 is 23.6 Å². The molecule has 14 heavy (non-hydrogen) atoms. The lowest BCUT2D eigenvalue weighted by Crippen LogP contribution is -2.64. The largest absolute Gasteiger partial charge is 0.479 e. The molecule has 2 rings (SSSR count). The predicted octanol–water partition coefficient (Wildman–Crippen LogP) is -0.414. The molecule has 5 nitrogen and oxygen atoms in total. The minimum absolute atomic E-state index is 0.0795. The summed E-state index contributed by atoms with van der Waals surface area (Å²) in [5.41, 5.74) is 6.10. The van der Waals surface area contributed by atoms with Crippen LogP contribution >= 0.6 is 11.8 Å². The predicted molar refractivity (Wildman–Crippen MR) is 51.4 cm³/mol. The number of thioether (sulfide) groups is 1. The van der Waals surface area contributed by atoms with E-state index in [1.807, 2.05) is 0 Å². The number of hydrogen-bond acceptors (Lipinski definition) is 4. The van der Waals surface area contributed by atoms with Crippen molar-refractivity contribution < 1.29 is 14.7 Å². The summed E-state index contributed by atoms with van der Waals surface area (Å²) < 4.78 is 0. The van der Waals surface area contributed by atoms with Crippen LogP contribution in [0.3, 0.4) is 0 Å². The van der Waals surface area contributed by atoms with Gasteiger partial charge in [-0.3, -0.25) is 4.79 Å². The van der Waals surface area contributed by atoms with Gasteiger partial charge < -0.3 is 15.7 Å². The maximum Gasteiger partial charge on any atom is 0.330 e. The monoisotopic (exact) mass is 214 g/mol. The molecule has 0 aromatic rings. The zero-order chi connectivity index (χ0) is 10.5. The van der Waals surface area contributed by atoms with Gasteiger partial charge in [0, 0.05) is 0 Å². The average Bonchev–Trinajstić information content (AvgIpc) is 2.09. The molecule has 1 amide bonds. The summed E-state index contributed by atoms with van der Waals surface area (Å²) in [6, 6.07) is -0.933. The van der Waals surface area contributed by atoms with Crippen molar-refractivity contribution in [2.75, 3.05) is 0 Å². The number of carbonyl (C=O) groups excluding carboxylic acids is 1. The lowest BCUT2D eigenvalue weighted by molar-refractivity contribution is -0.156. The Balaban J connectivity index is 2.28. The first-order valence-corrected chi connectivity index (χ1v) is 5.10. The smallest absolute Gasteiger partial charge is 0.330 e. The Bertz CT molecular complexity index is 331. The number of carbonyl (C=O) groups is 2. The third-order valence-electron chi connectivity index (χ3n) is 2.48. The van der Waals surface area contributed by atoms with E-state index in [1.165, 1.54) is 16.7 Å². The molecule has 6 heteroatoms. The molecule has 0 spiro atoms. The average molecular weight is 214 g/mol. The van der Waals surface area contributed by atoms with E-state index in [0.29, 0.717) is 12.0 Å². The highest BCUT2D eigenvalue weighted by Crippen LogP contribution is 2.41. The SMILES string of the molecule is C=C1C(N)S[C@@H]2CC(=O)N2C1C(=O)O. The highest BCUT2D eigenvalue weighted by atomic mass is 32.2. The van der Waals surface area contributed by atoms with Crippen LogP contribution in [-0.4, -0.2) is 38.7 Å². The van der Waals surface area contributed by atoms with Gasteiger partial charge in [-0.25, -0.2) is 4.79 Å². The van der Waals surface area contributed by atoms with E-state index < -0.39 is 12.0 Å². The highest BCUT2D eigenvalue weighted by Gasteiger charge is 2.50. The van der Waals surface area contributed by atoms with Gasteiger partial charge in [0.15, 0.2) is 6.04 Å². The van der Waals surface area contributed by atoms with Crippen LogP contribution in [0.15, 0.2) is 12.2 Å².